The summed E-state index contributed by atoms with van der Waals surface area (Å²) >= 11 is 0. The van der Waals surface area contributed by atoms with Crippen molar-refractivity contribution >= 4 is 29.9 Å². The summed E-state index contributed by atoms with van der Waals surface area (Å²) in [6.07, 6.45) is 7.66. The Morgan fingerprint density at radius 2 is 2.00 bits per heavy atom. The number of ether oxygens (including phenoxy) is 2. The summed E-state index contributed by atoms with van der Waals surface area (Å²) in [4.78, 5) is 9.60. The van der Waals surface area contributed by atoms with Gasteiger partial charge in [0.1, 0.15) is 0 Å². The maximum atomic E-state index is 5.78. The Morgan fingerprint density at radius 1 is 1.15 bits per heavy atom. The van der Waals surface area contributed by atoms with E-state index in [1.807, 2.05) is 7.05 Å². The Labute approximate surface area is 182 Å². The molecule has 0 saturated carbocycles. The van der Waals surface area contributed by atoms with E-state index >= 15 is 0 Å². The maximum Gasteiger partial charge on any atom is 0.193 e. The fourth-order valence-electron chi connectivity index (χ4n) is 4.35. The molecule has 0 amide bonds. The van der Waals surface area contributed by atoms with Gasteiger partial charge in [0.25, 0.3) is 0 Å². The molecule has 158 valence electrons. The van der Waals surface area contributed by atoms with E-state index in [0.29, 0.717) is 5.92 Å². The van der Waals surface area contributed by atoms with E-state index in [4.69, 9.17) is 9.47 Å². The second-order valence-electron chi connectivity index (χ2n) is 8.09. The summed E-state index contributed by atoms with van der Waals surface area (Å²) in [6.45, 7) is 10.5. The number of guanidine groups is 1. The molecule has 3 aliphatic heterocycles. The molecule has 3 fully saturated rings. The van der Waals surface area contributed by atoms with Crippen molar-refractivity contribution in [3.63, 3.8) is 0 Å². The molecular weight excluding hydrogens is 455 g/mol. The van der Waals surface area contributed by atoms with Gasteiger partial charge in [0.15, 0.2) is 5.96 Å². The van der Waals surface area contributed by atoms with Gasteiger partial charge in [-0.05, 0) is 51.1 Å². The zero-order chi connectivity index (χ0) is 18.0. The molecule has 7 heteroatoms. The Balaban J connectivity index is 0.00000261. The summed E-state index contributed by atoms with van der Waals surface area (Å²) in [6, 6.07) is 0. The van der Waals surface area contributed by atoms with Crippen LogP contribution in [-0.4, -0.2) is 88.5 Å². The number of nitrogens with one attached hydrogen (secondary N) is 1. The average molecular weight is 494 g/mol. The van der Waals surface area contributed by atoms with E-state index in [1.54, 1.807) is 0 Å². The Kier molecular flexibility index (Phi) is 11.3. The van der Waals surface area contributed by atoms with E-state index in [-0.39, 0.29) is 24.0 Å². The highest BCUT2D eigenvalue weighted by Crippen LogP contribution is 2.20. The summed E-state index contributed by atoms with van der Waals surface area (Å²) in [5.74, 6) is 2.47. The number of halogens is 1. The highest BCUT2D eigenvalue weighted by atomic mass is 127. The third-order valence-corrected chi connectivity index (χ3v) is 5.89. The number of hydrogen-bond acceptors (Lipinski definition) is 4. The molecule has 0 bridgehead atoms. The van der Waals surface area contributed by atoms with Crippen LogP contribution in [0.4, 0.5) is 0 Å². The first-order valence-corrected chi connectivity index (χ1v) is 10.7. The molecule has 0 radical (unpaired) electrons. The lowest BCUT2D eigenvalue weighted by Gasteiger charge is -2.29. The lowest BCUT2D eigenvalue weighted by atomic mass is 10.1. The zero-order valence-corrected chi connectivity index (χ0v) is 19.4. The summed E-state index contributed by atoms with van der Waals surface area (Å²) in [5, 5.41) is 3.52. The van der Waals surface area contributed by atoms with Gasteiger partial charge in [0.2, 0.25) is 0 Å². The third-order valence-electron chi connectivity index (χ3n) is 5.89. The lowest BCUT2D eigenvalue weighted by molar-refractivity contribution is 0.0887. The molecule has 3 rings (SSSR count). The minimum absolute atomic E-state index is 0. The quantitative estimate of drug-likeness (QED) is 0.243. The lowest BCUT2D eigenvalue weighted by Crippen LogP contribution is -2.41. The van der Waals surface area contributed by atoms with Gasteiger partial charge in [-0.25, -0.2) is 0 Å². The summed E-state index contributed by atoms with van der Waals surface area (Å²) in [7, 11) is 1.90. The van der Waals surface area contributed by atoms with E-state index in [1.165, 1.54) is 45.3 Å². The first kappa shape index (κ1) is 23.2. The smallest absolute Gasteiger partial charge is 0.193 e. The van der Waals surface area contributed by atoms with Crippen LogP contribution >= 0.6 is 24.0 Å². The zero-order valence-electron chi connectivity index (χ0n) is 17.0. The van der Waals surface area contributed by atoms with Gasteiger partial charge in [-0.2, -0.15) is 0 Å². The van der Waals surface area contributed by atoms with Crippen LogP contribution in [0.25, 0.3) is 0 Å². The predicted octanol–water partition coefficient (Wildman–Crippen LogP) is 2.43. The Bertz CT molecular complexity index is 426. The van der Waals surface area contributed by atoms with Crippen molar-refractivity contribution in [2.24, 2.45) is 16.8 Å². The van der Waals surface area contributed by atoms with E-state index in [2.05, 4.69) is 20.1 Å². The second kappa shape index (κ2) is 13.2. The third kappa shape index (κ3) is 8.03. The van der Waals surface area contributed by atoms with Crippen molar-refractivity contribution in [2.75, 3.05) is 72.7 Å². The fourth-order valence-corrected chi connectivity index (χ4v) is 4.35. The van der Waals surface area contributed by atoms with Crippen LogP contribution in [0.3, 0.4) is 0 Å². The van der Waals surface area contributed by atoms with E-state index < -0.39 is 0 Å². The minimum atomic E-state index is 0. The molecule has 0 aromatic carbocycles. The van der Waals surface area contributed by atoms with Gasteiger partial charge in [0, 0.05) is 52.4 Å². The average Bonchev–Trinajstić information content (AvgIpc) is 3.34. The summed E-state index contributed by atoms with van der Waals surface area (Å²) in [5.41, 5.74) is 0. The standard InChI is InChI=1S/C20H38N4O2.HI/c1-21-20(22-8-5-12-25-16-19-7-13-26-17-19)24-11-6-18(15-24)14-23-9-3-2-4-10-23;/h18-19H,2-17H2,1H3,(H,21,22);1H. The molecule has 3 aliphatic rings. The molecule has 2 unspecified atom stereocenters. The first-order chi connectivity index (χ1) is 12.8. The number of rotatable bonds is 8. The van der Waals surface area contributed by atoms with Crippen molar-refractivity contribution < 1.29 is 9.47 Å². The highest BCUT2D eigenvalue weighted by molar-refractivity contribution is 14.0. The summed E-state index contributed by atoms with van der Waals surface area (Å²) < 4.78 is 11.2. The Hall–Kier alpha value is -0.120. The number of piperidine rings is 1. The molecule has 3 heterocycles. The number of hydrogen-bond donors (Lipinski definition) is 1. The van der Waals surface area contributed by atoms with Crippen LogP contribution in [0.1, 0.15) is 38.5 Å². The Morgan fingerprint density at radius 3 is 2.74 bits per heavy atom. The second-order valence-corrected chi connectivity index (χ2v) is 8.09. The topological polar surface area (TPSA) is 49.3 Å². The molecule has 0 aromatic rings. The van der Waals surface area contributed by atoms with Gasteiger partial charge < -0.3 is 24.6 Å². The number of aliphatic imine (C=N–C) groups is 1. The van der Waals surface area contributed by atoms with Gasteiger partial charge in [-0.15, -0.1) is 24.0 Å². The molecule has 1 N–H and O–H groups in total. The number of likely N-dealkylation sites (tertiary alicyclic amines) is 2. The largest absolute Gasteiger partial charge is 0.381 e. The molecule has 6 nitrogen and oxygen atoms in total. The normalized spacial score (nSPS) is 27.0. The van der Waals surface area contributed by atoms with Gasteiger partial charge in [-0.3, -0.25) is 4.99 Å². The molecule has 27 heavy (non-hydrogen) atoms. The molecule has 0 aliphatic carbocycles. The van der Waals surface area contributed by atoms with Gasteiger partial charge in [0.05, 0.1) is 13.2 Å². The fraction of sp³-hybridized carbons (Fsp3) is 0.950. The molecule has 0 spiro atoms. The van der Waals surface area contributed by atoms with Crippen molar-refractivity contribution in [3.8, 4) is 0 Å². The predicted molar refractivity (Wildman–Crippen MR) is 121 cm³/mol. The molecule has 2 atom stereocenters. The molecular formula is C20H39IN4O2. The molecule has 0 aromatic heterocycles. The van der Waals surface area contributed by atoms with Crippen molar-refractivity contribution in [1.29, 1.82) is 0 Å². The van der Waals surface area contributed by atoms with Crippen molar-refractivity contribution in [2.45, 2.75) is 38.5 Å². The van der Waals surface area contributed by atoms with Gasteiger partial charge >= 0.3 is 0 Å². The first-order valence-electron chi connectivity index (χ1n) is 10.7. The van der Waals surface area contributed by atoms with Crippen LogP contribution in [0.2, 0.25) is 0 Å². The van der Waals surface area contributed by atoms with Crippen molar-refractivity contribution in [1.82, 2.24) is 15.1 Å². The minimum Gasteiger partial charge on any atom is -0.381 e. The van der Waals surface area contributed by atoms with Crippen LogP contribution in [-0.2, 0) is 9.47 Å². The van der Waals surface area contributed by atoms with Crippen LogP contribution < -0.4 is 5.32 Å². The highest BCUT2D eigenvalue weighted by Gasteiger charge is 2.26. The monoisotopic (exact) mass is 494 g/mol. The number of nitrogens with zero attached hydrogens (tertiary/aromatic N) is 3. The van der Waals surface area contributed by atoms with Crippen LogP contribution in [0.5, 0.6) is 0 Å². The molecule has 3 saturated heterocycles. The SMILES string of the molecule is CN=C(NCCCOCC1CCOC1)N1CCC(CN2CCCCC2)C1.I. The van der Waals surface area contributed by atoms with Gasteiger partial charge in [-0.1, -0.05) is 6.42 Å². The van der Waals surface area contributed by atoms with Crippen LogP contribution in [0.15, 0.2) is 4.99 Å². The van der Waals surface area contributed by atoms with E-state index in [9.17, 15) is 0 Å². The van der Waals surface area contributed by atoms with E-state index in [0.717, 1.165) is 70.8 Å². The van der Waals surface area contributed by atoms with Crippen LogP contribution in [0, 0.1) is 11.8 Å². The maximum absolute atomic E-state index is 5.78. The van der Waals surface area contributed by atoms with Crippen molar-refractivity contribution in [3.05, 3.63) is 0 Å².